The van der Waals surface area contributed by atoms with E-state index in [1.807, 2.05) is 0 Å². The second-order valence-electron chi connectivity index (χ2n) is 4.51. The van der Waals surface area contributed by atoms with Gasteiger partial charge in [0.15, 0.2) is 0 Å². The van der Waals surface area contributed by atoms with Crippen LogP contribution in [-0.4, -0.2) is 9.97 Å². The highest BCUT2D eigenvalue weighted by molar-refractivity contribution is 9.10. The molecule has 0 bridgehead atoms. The van der Waals surface area contributed by atoms with Crippen molar-refractivity contribution in [2.75, 3.05) is 0 Å². The predicted molar refractivity (Wildman–Crippen MR) is 65.3 cm³/mol. The highest BCUT2D eigenvalue weighted by Gasteiger charge is 2.28. The summed E-state index contributed by atoms with van der Waals surface area (Å²) in [5.41, 5.74) is 1.05. The number of aromatic nitrogens is 2. The Morgan fingerprint density at radius 1 is 1.40 bits per heavy atom. The van der Waals surface area contributed by atoms with Gasteiger partial charge in [0.1, 0.15) is 11.0 Å². The van der Waals surface area contributed by atoms with E-state index in [-0.39, 0.29) is 0 Å². The molecule has 4 heteroatoms. The van der Waals surface area contributed by atoms with E-state index >= 15 is 0 Å². The molecule has 2 nitrogen and oxygen atoms in total. The fraction of sp³-hybridized carbons (Fsp3) is 0.636. The molecular weight excluding hydrogens is 275 g/mol. The Kier molecular flexibility index (Phi) is 3.31. The van der Waals surface area contributed by atoms with E-state index in [9.17, 15) is 0 Å². The molecule has 82 valence electrons. The van der Waals surface area contributed by atoms with Gasteiger partial charge in [-0.3, -0.25) is 0 Å². The van der Waals surface area contributed by atoms with E-state index in [4.69, 9.17) is 11.6 Å². The van der Waals surface area contributed by atoms with Gasteiger partial charge in [-0.25, -0.2) is 9.97 Å². The Balaban J connectivity index is 2.33. The molecule has 0 radical (unpaired) electrons. The third-order valence-corrected chi connectivity index (χ3v) is 3.78. The first-order valence-electron chi connectivity index (χ1n) is 5.29. The van der Waals surface area contributed by atoms with Gasteiger partial charge in [0.2, 0.25) is 0 Å². The number of halogens is 2. The van der Waals surface area contributed by atoms with E-state index in [1.165, 1.54) is 12.8 Å². The van der Waals surface area contributed by atoms with Crippen LogP contribution in [0, 0.1) is 5.92 Å². The van der Waals surface area contributed by atoms with Crippen molar-refractivity contribution < 1.29 is 0 Å². The summed E-state index contributed by atoms with van der Waals surface area (Å²) in [4.78, 5) is 8.90. The molecule has 15 heavy (non-hydrogen) atoms. The normalized spacial score (nSPS) is 16.1. The number of hydrogen-bond acceptors (Lipinski definition) is 2. The van der Waals surface area contributed by atoms with Crippen LogP contribution >= 0.6 is 27.5 Å². The van der Waals surface area contributed by atoms with Crippen LogP contribution in [0.3, 0.4) is 0 Å². The predicted octanol–water partition coefficient (Wildman–Crippen LogP) is 3.97. The van der Waals surface area contributed by atoms with Crippen molar-refractivity contribution in [1.29, 1.82) is 0 Å². The van der Waals surface area contributed by atoms with Crippen molar-refractivity contribution in [2.45, 2.75) is 39.0 Å². The van der Waals surface area contributed by atoms with Gasteiger partial charge in [0.25, 0.3) is 0 Å². The highest BCUT2D eigenvalue weighted by Crippen LogP contribution is 2.39. The van der Waals surface area contributed by atoms with Crippen LogP contribution in [0.25, 0.3) is 0 Å². The lowest BCUT2D eigenvalue weighted by Crippen LogP contribution is -2.04. The van der Waals surface area contributed by atoms with Crippen molar-refractivity contribution in [1.82, 2.24) is 9.97 Å². The molecule has 0 saturated heterocycles. The Morgan fingerprint density at radius 2 is 2.07 bits per heavy atom. The first-order chi connectivity index (χ1) is 7.08. The van der Waals surface area contributed by atoms with Gasteiger partial charge in [0.05, 0.1) is 10.2 Å². The summed E-state index contributed by atoms with van der Waals surface area (Å²) in [6.07, 6.45) is 3.36. The lowest BCUT2D eigenvalue weighted by molar-refractivity contribution is 0.627. The molecule has 0 aliphatic heterocycles. The second-order valence-corrected chi connectivity index (χ2v) is 5.66. The van der Waals surface area contributed by atoms with E-state index in [1.54, 1.807) is 0 Å². The molecule has 0 atom stereocenters. The van der Waals surface area contributed by atoms with Gasteiger partial charge in [-0.15, -0.1) is 0 Å². The quantitative estimate of drug-likeness (QED) is 0.787. The van der Waals surface area contributed by atoms with Crippen LogP contribution in [-0.2, 0) is 6.42 Å². The standard InChI is InChI=1S/C11H14BrClN2/c1-6(2)5-8-9(12)10(13)15-11(14-8)7-3-4-7/h6-7H,3-5H2,1-2H3. The van der Waals surface area contributed by atoms with Crippen molar-refractivity contribution >= 4 is 27.5 Å². The molecule has 2 rings (SSSR count). The van der Waals surface area contributed by atoms with E-state index in [2.05, 4.69) is 39.7 Å². The fourth-order valence-corrected chi connectivity index (χ4v) is 2.06. The molecule has 1 aromatic rings. The second kappa shape index (κ2) is 4.38. The minimum Gasteiger partial charge on any atom is -0.236 e. The van der Waals surface area contributed by atoms with Crippen LogP contribution < -0.4 is 0 Å². The zero-order valence-electron chi connectivity index (χ0n) is 8.93. The molecule has 0 N–H and O–H groups in total. The molecule has 0 amide bonds. The van der Waals surface area contributed by atoms with Crippen molar-refractivity contribution in [3.8, 4) is 0 Å². The molecule has 0 unspecified atom stereocenters. The summed E-state index contributed by atoms with van der Waals surface area (Å²) >= 11 is 9.53. The van der Waals surface area contributed by atoms with Crippen molar-refractivity contribution in [2.24, 2.45) is 5.92 Å². The van der Waals surface area contributed by atoms with Gasteiger partial charge in [-0.05, 0) is 41.1 Å². The zero-order chi connectivity index (χ0) is 11.0. The Morgan fingerprint density at radius 3 is 2.60 bits per heavy atom. The van der Waals surface area contributed by atoms with Gasteiger partial charge in [-0.2, -0.15) is 0 Å². The topological polar surface area (TPSA) is 25.8 Å². The SMILES string of the molecule is CC(C)Cc1nc(C2CC2)nc(Cl)c1Br. The average Bonchev–Trinajstić information content (AvgIpc) is 2.94. The van der Waals surface area contributed by atoms with Gasteiger partial charge in [0, 0.05) is 5.92 Å². The van der Waals surface area contributed by atoms with Gasteiger partial charge >= 0.3 is 0 Å². The van der Waals surface area contributed by atoms with Crippen LogP contribution in [0.4, 0.5) is 0 Å². The maximum Gasteiger partial charge on any atom is 0.147 e. The Bertz CT molecular complexity index is 375. The third kappa shape index (κ3) is 2.70. The maximum absolute atomic E-state index is 6.08. The maximum atomic E-state index is 6.08. The summed E-state index contributed by atoms with van der Waals surface area (Å²) in [6.45, 7) is 4.36. The highest BCUT2D eigenvalue weighted by atomic mass is 79.9. The fourth-order valence-electron chi connectivity index (χ4n) is 1.53. The van der Waals surface area contributed by atoms with Gasteiger partial charge in [-0.1, -0.05) is 25.4 Å². The first kappa shape index (κ1) is 11.3. The lowest BCUT2D eigenvalue weighted by atomic mass is 10.1. The Hall–Kier alpha value is -0.150. The lowest BCUT2D eigenvalue weighted by Gasteiger charge is -2.09. The van der Waals surface area contributed by atoms with Gasteiger partial charge < -0.3 is 0 Å². The average molecular weight is 290 g/mol. The van der Waals surface area contributed by atoms with E-state index in [0.29, 0.717) is 17.0 Å². The van der Waals surface area contributed by atoms with Crippen molar-refractivity contribution in [3.05, 3.63) is 21.1 Å². The smallest absolute Gasteiger partial charge is 0.147 e. The van der Waals surface area contributed by atoms with E-state index in [0.717, 1.165) is 22.4 Å². The van der Waals surface area contributed by atoms with Crippen molar-refractivity contribution in [3.63, 3.8) is 0 Å². The number of hydrogen-bond donors (Lipinski definition) is 0. The monoisotopic (exact) mass is 288 g/mol. The minimum atomic E-state index is 0.557. The molecule has 1 heterocycles. The van der Waals surface area contributed by atoms with Crippen LogP contribution in [0.2, 0.25) is 5.15 Å². The molecular formula is C11H14BrClN2. The largest absolute Gasteiger partial charge is 0.236 e. The van der Waals surface area contributed by atoms with Crippen LogP contribution in [0.5, 0.6) is 0 Å². The zero-order valence-corrected chi connectivity index (χ0v) is 11.3. The number of nitrogens with zero attached hydrogens (tertiary/aromatic N) is 2. The molecule has 1 fully saturated rings. The molecule has 1 aliphatic rings. The summed E-state index contributed by atoms with van der Waals surface area (Å²) < 4.78 is 0.863. The first-order valence-corrected chi connectivity index (χ1v) is 6.47. The van der Waals surface area contributed by atoms with Crippen LogP contribution in [0.1, 0.15) is 44.1 Å². The molecule has 1 aliphatic carbocycles. The molecule has 1 saturated carbocycles. The van der Waals surface area contributed by atoms with Crippen LogP contribution in [0.15, 0.2) is 4.47 Å². The Labute approximate surface area is 104 Å². The molecule has 0 aromatic carbocycles. The summed E-state index contributed by atoms with van der Waals surface area (Å²) in [5.74, 6) is 2.07. The molecule has 1 aromatic heterocycles. The third-order valence-electron chi connectivity index (χ3n) is 2.44. The molecule has 0 spiro atoms. The number of rotatable bonds is 3. The van der Waals surface area contributed by atoms with E-state index < -0.39 is 0 Å². The summed E-state index contributed by atoms with van der Waals surface area (Å²) in [6, 6.07) is 0. The summed E-state index contributed by atoms with van der Waals surface area (Å²) in [5, 5.41) is 0.558. The summed E-state index contributed by atoms with van der Waals surface area (Å²) in [7, 11) is 0. The minimum absolute atomic E-state index is 0.557.